The minimum absolute atomic E-state index is 0.173. The largest absolute Gasteiger partial charge is 0.454 e. The van der Waals surface area contributed by atoms with Crippen LogP contribution in [-0.2, 0) is 0 Å². The van der Waals surface area contributed by atoms with Crippen LogP contribution in [0.3, 0.4) is 0 Å². The number of benzene rings is 3. The normalized spacial score (nSPS) is 12.8. The number of aromatic nitrogens is 4. The molecule has 0 unspecified atom stereocenters. The van der Waals surface area contributed by atoms with Crippen molar-refractivity contribution >= 4 is 22.4 Å². The van der Waals surface area contributed by atoms with Crippen LogP contribution < -0.4 is 20.3 Å². The number of nitrogens with one attached hydrogen (secondary N) is 1. The van der Waals surface area contributed by atoms with E-state index in [4.69, 9.17) is 21.0 Å². The maximum Gasteiger partial charge on any atom is 0.266 e. The van der Waals surface area contributed by atoms with Gasteiger partial charge >= 0.3 is 0 Å². The zero-order chi connectivity index (χ0) is 26.2. The summed E-state index contributed by atoms with van der Waals surface area (Å²) in [5.74, 6) is 2.73. The Morgan fingerprint density at radius 3 is 2.66 bits per heavy atom. The van der Waals surface area contributed by atoms with Gasteiger partial charge in [0.1, 0.15) is 17.5 Å². The first-order chi connectivity index (χ1) is 18.5. The van der Waals surface area contributed by atoms with Crippen LogP contribution >= 0.6 is 0 Å². The lowest BCUT2D eigenvalue weighted by atomic mass is 10.0. The van der Waals surface area contributed by atoms with Crippen molar-refractivity contribution in [1.82, 2.24) is 19.5 Å². The van der Waals surface area contributed by atoms with Gasteiger partial charge in [0.05, 0.1) is 29.2 Å². The van der Waals surface area contributed by atoms with Crippen molar-refractivity contribution in [1.29, 1.82) is 0 Å². The second-order valence-electron chi connectivity index (χ2n) is 8.84. The van der Waals surface area contributed by atoms with Crippen LogP contribution in [0.5, 0.6) is 11.5 Å². The number of ether oxygens (including phenoxy) is 2. The molecule has 5 aromatic rings. The highest BCUT2D eigenvalue weighted by molar-refractivity contribution is 5.94. The fraction of sp³-hybridized carbons (Fsp3) is 0.138. The maximum absolute atomic E-state index is 14.3. The number of aryl methyl sites for hydroxylation is 1. The molecule has 9 nitrogen and oxygen atoms in total. The highest BCUT2D eigenvalue weighted by Gasteiger charge is 2.22. The zero-order valence-electron chi connectivity index (χ0n) is 20.7. The molecule has 38 heavy (non-hydrogen) atoms. The third-order valence-electron chi connectivity index (χ3n) is 6.37. The van der Waals surface area contributed by atoms with Gasteiger partial charge in [-0.2, -0.15) is 0 Å². The molecule has 1 aliphatic heterocycles. The summed E-state index contributed by atoms with van der Waals surface area (Å²) in [5, 5.41) is 3.77. The van der Waals surface area contributed by atoms with Crippen molar-refractivity contribution < 1.29 is 9.47 Å². The molecule has 1 atom stereocenters. The van der Waals surface area contributed by atoms with Crippen LogP contribution in [0.1, 0.15) is 24.6 Å². The number of hydrogen-bond acceptors (Lipinski definition) is 7. The van der Waals surface area contributed by atoms with E-state index < -0.39 is 6.04 Å². The van der Waals surface area contributed by atoms with Crippen molar-refractivity contribution in [2.24, 2.45) is 0 Å². The molecule has 0 spiro atoms. The van der Waals surface area contributed by atoms with E-state index in [2.05, 4.69) is 20.1 Å². The highest BCUT2D eigenvalue weighted by Crippen LogP contribution is 2.37. The van der Waals surface area contributed by atoms with Crippen LogP contribution in [0.2, 0.25) is 0 Å². The van der Waals surface area contributed by atoms with Gasteiger partial charge in [-0.3, -0.25) is 14.3 Å². The summed E-state index contributed by atoms with van der Waals surface area (Å²) in [6.45, 7) is 11.3. The fourth-order valence-corrected chi connectivity index (χ4v) is 4.59. The van der Waals surface area contributed by atoms with Gasteiger partial charge in [-0.15, -0.1) is 0 Å². The first kappa shape index (κ1) is 23.2. The lowest BCUT2D eigenvalue weighted by molar-refractivity contribution is 0.174. The molecule has 3 heterocycles. The molecule has 9 heteroatoms. The Labute approximate surface area is 218 Å². The average molecular weight is 503 g/mol. The van der Waals surface area contributed by atoms with E-state index in [1.54, 1.807) is 11.5 Å². The highest BCUT2D eigenvalue weighted by atomic mass is 16.7. The summed E-state index contributed by atoms with van der Waals surface area (Å²) < 4.78 is 12.6. The molecule has 186 valence electrons. The molecule has 2 aromatic heterocycles. The average Bonchev–Trinajstić information content (AvgIpc) is 3.41. The summed E-state index contributed by atoms with van der Waals surface area (Å²) in [5.41, 5.74) is 2.90. The van der Waals surface area contributed by atoms with Gasteiger partial charge in [0.2, 0.25) is 12.5 Å². The molecular weight excluding hydrogens is 480 g/mol. The Kier molecular flexibility index (Phi) is 5.69. The van der Waals surface area contributed by atoms with Crippen LogP contribution in [0.25, 0.3) is 32.6 Å². The molecule has 0 radical (unpaired) electrons. The minimum atomic E-state index is -0.462. The van der Waals surface area contributed by atoms with Gasteiger partial charge in [-0.1, -0.05) is 36.4 Å². The minimum Gasteiger partial charge on any atom is -0.454 e. The predicted octanol–water partition coefficient (Wildman–Crippen LogP) is 5.60. The fourth-order valence-electron chi connectivity index (χ4n) is 4.59. The lowest BCUT2D eigenvalue weighted by Crippen LogP contribution is -2.27. The Hall–Kier alpha value is -5.23. The summed E-state index contributed by atoms with van der Waals surface area (Å²) in [6.07, 6.45) is 1.49. The quantitative estimate of drug-likeness (QED) is 0.312. The topological polar surface area (TPSA) is 95.5 Å². The van der Waals surface area contributed by atoms with Crippen LogP contribution in [-0.4, -0.2) is 26.3 Å². The number of anilines is 1. The second-order valence-corrected chi connectivity index (χ2v) is 8.84. The summed E-state index contributed by atoms with van der Waals surface area (Å²) >= 11 is 0. The van der Waals surface area contributed by atoms with E-state index in [0.717, 1.165) is 11.1 Å². The van der Waals surface area contributed by atoms with Crippen LogP contribution in [0.15, 0.2) is 77.7 Å². The Balaban J connectivity index is 1.56. The van der Waals surface area contributed by atoms with E-state index in [1.165, 1.54) is 6.20 Å². The molecule has 0 saturated carbocycles. The van der Waals surface area contributed by atoms with Crippen molar-refractivity contribution in [2.45, 2.75) is 19.9 Å². The van der Waals surface area contributed by atoms with Crippen molar-refractivity contribution in [3.63, 3.8) is 0 Å². The van der Waals surface area contributed by atoms with Crippen molar-refractivity contribution in [3.8, 4) is 28.3 Å². The van der Waals surface area contributed by atoms with Gasteiger partial charge < -0.3 is 14.8 Å². The number of fused-ring (bicyclic) bond motifs is 2. The second kappa shape index (κ2) is 9.33. The van der Waals surface area contributed by atoms with Gasteiger partial charge in [0.25, 0.3) is 5.56 Å². The molecule has 0 saturated heterocycles. The van der Waals surface area contributed by atoms with Gasteiger partial charge in [0, 0.05) is 6.20 Å². The molecular formula is C29H22N6O3. The summed E-state index contributed by atoms with van der Waals surface area (Å²) in [4.78, 5) is 31.3. The molecule has 6 rings (SSSR count). The molecule has 0 aliphatic carbocycles. The Morgan fingerprint density at radius 2 is 1.84 bits per heavy atom. The van der Waals surface area contributed by atoms with E-state index >= 15 is 0 Å². The van der Waals surface area contributed by atoms with Gasteiger partial charge in [0.15, 0.2) is 11.5 Å². The molecule has 1 aliphatic rings. The van der Waals surface area contributed by atoms with E-state index in [0.29, 0.717) is 51.2 Å². The maximum atomic E-state index is 14.3. The molecule has 0 bridgehead atoms. The van der Waals surface area contributed by atoms with E-state index in [-0.39, 0.29) is 12.4 Å². The van der Waals surface area contributed by atoms with Crippen LogP contribution in [0, 0.1) is 13.5 Å². The van der Waals surface area contributed by atoms with Crippen molar-refractivity contribution in [2.75, 3.05) is 12.1 Å². The monoisotopic (exact) mass is 502 g/mol. The van der Waals surface area contributed by atoms with Gasteiger partial charge in [-0.05, 0) is 55.3 Å². The third kappa shape index (κ3) is 3.98. The van der Waals surface area contributed by atoms with E-state index in [9.17, 15) is 4.79 Å². The first-order valence-electron chi connectivity index (χ1n) is 12.0. The molecule has 1 N–H and O–H groups in total. The molecule has 3 aromatic carbocycles. The molecule has 0 amide bonds. The SMILES string of the molecule is [C-]#[N+]c1cnc(C)nc1N[C@@H](C)c1nc2cccc(-c3ccc4c(c3)OCO4)c2c(=O)n1-c1ccccc1. The Bertz CT molecular complexity index is 1790. The third-order valence-corrected chi connectivity index (χ3v) is 6.37. The number of nitrogens with zero attached hydrogens (tertiary/aromatic N) is 5. The summed E-state index contributed by atoms with van der Waals surface area (Å²) in [7, 11) is 0. The van der Waals surface area contributed by atoms with E-state index in [1.807, 2.05) is 73.7 Å². The summed E-state index contributed by atoms with van der Waals surface area (Å²) in [6, 6.07) is 20.2. The lowest BCUT2D eigenvalue weighted by Gasteiger charge is -2.21. The standard InChI is InChI=1S/C29H22N6O3/c1-17(32-27-23(30-3)15-31-18(2)33-27)28-34-22-11-7-10-21(19-12-13-24-25(14-19)38-16-37-24)26(22)29(36)35(28)20-8-5-4-6-9-20/h4-15,17H,16H2,1-2H3,(H,31,32,33)/t17-/m0/s1. The number of hydrogen-bond donors (Lipinski definition) is 1. The van der Waals surface area contributed by atoms with Crippen molar-refractivity contribution in [3.05, 3.63) is 106 Å². The Morgan fingerprint density at radius 1 is 1.03 bits per heavy atom. The van der Waals surface area contributed by atoms with Crippen LogP contribution in [0.4, 0.5) is 11.5 Å². The number of rotatable bonds is 5. The van der Waals surface area contributed by atoms with Gasteiger partial charge in [-0.25, -0.2) is 14.8 Å². The zero-order valence-corrected chi connectivity index (χ0v) is 20.7. The predicted molar refractivity (Wildman–Crippen MR) is 144 cm³/mol. The first-order valence-corrected chi connectivity index (χ1v) is 12.0. The smallest absolute Gasteiger partial charge is 0.266 e. The molecule has 0 fully saturated rings. The number of para-hydroxylation sites is 1.